The number of aldehydes is 1. The summed E-state index contributed by atoms with van der Waals surface area (Å²) in [7, 11) is 3.28. The van der Waals surface area contributed by atoms with E-state index in [9.17, 15) is 10.1 Å². The minimum Gasteiger partial charge on any atom is -0.496 e. The Labute approximate surface area is 222 Å². The molecule has 1 heterocycles. The van der Waals surface area contributed by atoms with Crippen molar-refractivity contribution >= 4 is 17.7 Å². The SMILES string of the molecule is COc1ccccc1-c1cc2c(cc1OC)N(C(C=O)c1ccccc1)CCN=C2c1cccc(C#N)c1. The van der Waals surface area contributed by atoms with Crippen LogP contribution in [0.25, 0.3) is 11.1 Å². The first-order valence-corrected chi connectivity index (χ1v) is 12.4. The third-order valence-corrected chi connectivity index (χ3v) is 6.76. The molecular weight excluding hydrogens is 474 g/mol. The van der Waals surface area contributed by atoms with Gasteiger partial charge >= 0.3 is 0 Å². The lowest BCUT2D eigenvalue weighted by molar-refractivity contribution is -0.109. The van der Waals surface area contributed by atoms with Gasteiger partial charge in [-0.2, -0.15) is 5.26 Å². The molecule has 0 aromatic heterocycles. The van der Waals surface area contributed by atoms with Crippen LogP contribution in [0.2, 0.25) is 0 Å². The molecular formula is C32H27N3O3. The molecule has 188 valence electrons. The summed E-state index contributed by atoms with van der Waals surface area (Å²) >= 11 is 0. The molecule has 38 heavy (non-hydrogen) atoms. The van der Waals surface area contributed by atoms with Crippen molar-refractivity contribution in [3.63, 3.8) is 0 Å². The van der Waals surface area contributed by atoms with Gasteiger partial charge in [0.2, 0.25) is 0 Å². The molecule has 0 amide bonds. The highest BCUT2D eigenvalue weighted by atomic mass is 16.5. The van der Waals surface area contributed by atoms with Crippen molar-refractivity contribution in [3.05, 3.63) is 113 Å². The molecule has 4 aromatic rings. The molecule has 0 bridgehead atoms. The van der Waals surface area contributed by atoms with Crippen LogP contribution in [0.4, 0.5) is 5.69 Å². The molecule has 1 aliphatic rings. The van der Waals surface area contributed by atoms with Crippen molar-refractivity contribution in [2.75, 3.05) is 32.2 Å². The number of hydrogen-bond donors (Lipinski definition) is 0. The number of benzene rings is 4. The zero-order valence-electron chi connectivity index (χ0n) is 21.3. The Bertz CT molecular complexity index is 1540. The molecule has 0 saturated carbocycles. The van der Waals surface area contributed by atoms with E-state index in [1.807, 2.05) is 78.9 Å². The molecule has 6 nitrogen and oxygen atoms in total. The number of nitriles is 1. The minimum absolute atomic E-state index is 0.476. The second-order valence-electron chi connectivity index (χ2n) is 8.88. The van der Waals surface area contributed by atoms with Crippen molar-refractivity contribution in [3.8, 4) is 28.7 Å². The molecule has 0 saturated heterocycles. The summed E-state index contributed by atoms with van der Waals surface area (Å²) in [4.78, 5) is 19.6. The van der Waals surface area contributed by atoms with Crippen molar-refractivity contribution in [1.82, 2.24) is 0 Å². The van der Waals surface area contributed by atoms with Crippen molar-refractivity contribution in [1.29, 1.82) is 5.26 Å². The highest BCUT2D eigenvalue weighted by Crippen LogP contribution is 2.43. The molecule has 0 aliphatic carbocycles. The molecule has 6 heteroatoms. The first-order valence-electron chi connectivity index (χ1n) is 12.4. The summed E-state index contributed by atoms with van der Waals surface area (Å²) in [6.07, 6.45) is 0.973. The van der Waals surface area contributed by atoms with E-state index in [0.29, 0.717) is 24.4 Å². The number of rotatable bonds is 7. The normalized spacial score (nSPS) is 13.4. The van der Waals surface area contributed by atoms with E-state index in [1.54, 1.807) is 20.3 Å². The fourth-order valence-corrected chi connectivity index (χ4v) is 4.97. The van der Waals surface area contributed by atoms with Gasteiger partial charge < -0.3 is 19.2 Å². The Morgan fingerprint density at radius 3 is 2.37 bits per heavy atom. The Hall–Kier alpha value is -4.89. The highest BCUT2D eigenvalue weighted by molar-refractivity contribution is 6.17. The van der Waals surface area contributed by atoms with E-state index in [1.165, 1.54) is 0 Å². The Balaban J connectivity index is 1.77. The van der Waals surface area contributed by atoms with Gasteiger partial charge in [-0.3, -0.25) is 4.99 Å². The molecule has 1 atom stereocenters. The van der Waals surface area contributed by atoms with Gasteiger partial charge in [-0.1, -0.05) is 60.7 Å². The molecule has 4 aromatic carbocycles. The zero-order chi connectivity index (χ0) is 26.5. The predicted molar refractivity (Wildman–Crippen MR) is 149 cm³/mol. The summed E-state index contributed by atoms with van der Waals surface area (Å²) in [5.41, 5.74) is 6.46. The van der Waals surface area contributed by atoms with E-state index in [2.05, 4.69) is 17.0 Å². The van der Waals surface area contributed by atoms with Crippen molar-refractivity contribution in [2.45, 2.75) is 6.04 Å². The number of fused-ring (bicyclic) bond motifs is 1. The fourth-order valence-electron chi connectivity index (χ4n) is 4.97. The molecule has 0 N–H and O–H groups in total. The third kappa shape index (κ3) is 4.62. The van der Waals surface area contributed by atoms with E-state index in [4.69, 9.17) is 14.5 Å². The number of para-hydroxylation sites is 1. The zero-order valence-corrected chi connectivity index (χ0v) is 21.3. The molecule has 1 aliphatic heterocycles. The van der Waals surface area contributed by atoms with E-state index < -0.39 is 6.04 Å². The maximum absolute atomic E-state index is 12.5. The van der Waals surface area contributed by atoms with Crippen LogP contribution < -0.4 is 14.4 Å². The monoisotopic (exact) mass is 501 g/mol. The number of methoxy groups -OCH3 is 2. The second-order valence-corrected chi connectivity index (χ2v) is 8.88. The molecule has 1 unspecified atom stereocenters. The summed E-state index contributed by atoms with van der Waals surface area (Å²) in [6.45, 7) is 1.01. The number of carbonyl (C=O) groups is 1. The fraction of sp³-hybridized carbons (Fsp3) is 0.156. The van der Waals surface area contributed by atoms with Gasteiger partial charge in [0.05, 0.1) is 43.8 Å². The highest BCUT2D eigenvalue weighted by Gasteiger charge is 2.29. The summed E-state index contributed by atoms with van der Waals surface area (Å²) in [5, 5.41) is 9.54. The maximum atomic E-state index is 12.5. The van der Waals surface area contributed by atoms with E-state index >= 15 is 0 Å². The van der Waals surface area contributed by atoms with Gasteiger partial charge in [0, 0.05) is 34.9 Å². The number of hydrogen-bond acceptors (Lipinski definition) is 6. The predicted octanol–water partition coefficient (Wildman–Crippen LogP) is 5.84. The lowest BCUT2D eigenvalue weighted by Gasteiger charge is -2.31. The number of ether oxygens (including phenoxy) is 2. The van der Waals surface area contributed by atoms with Crippen LogP contribution in [0.15, 0.2) is 96.0 Å². The van der Waals surface area contributed by atoms with Crippen LogP contribution in [0.5, 0.6) is 11.5 Å². The van der Waals surface area contributed by atoms with Gasteiger partial charge in [0.25, 0.3) is 0 Å². The summed E-state index contributed by atoms with van der Waals surface area (Å²) < 4.78 is 11.6. The second kappa shape index (κ2) is 11.0. The first-order chi connectivity index (χ1) is 18.7. The number of benzodiazepines with no additional fused rings is 1. The van der Waals surface area contributed by atoms with Gasteiger partial charge in [-0.05, 0) is 29.8 Å². The molecule has 0 spiro atoms. The third-order valence-electron chi connectivity index (χ3n) is 6.76. The largest absolute Gasteiger partial charge is 0.496 e. The van der Waals surface area contributed by atoms with Crippen LogP contribution >= 0.6 is 0 Å². The number of anilines is 1. The minimum atomic E-state index is -0.503. The van der Waals surface area contributed by atoms with Gasteiger partial charge in [0.15, 0.2) is 0 Å². The van der Waals surface area contributed by atoms with Crippen LogP contribution in [0.1, 0.15) is 28.3 Å². The summed E-state index contributed by atoms with van der Waals surface area (Å²) in [5.74, 6) is 1.37. The van der Waals surface area contributed by atoms with Crippen molar-refractivity contribution in [2.24, 2.45) is 4.99 Å². The molecule has 0 radical (unpaired) electrons. The van der Waals surface area contributed by atoms with Gasteiger partial charge in [0.1, 0.15) is 23.8 Å². The molecule has 0 fully saturated rings. The van der Waals surface area contributed by atoms with E-state index in [-0.39, 0.29) is 0 Å². The Morgan fingerprint density at radius 1 is 0.868 bits per heavy atom. The van der Waals surface area contributed by atoms with Crippen LogP contribution in [-0.4, -0.2) is 39.3 Å². The number of nitrogens with zero attached hydrogens (tertiary/aromatic N) is 3. The lowest BCUT2D eigenvalue weighted by atomic mass is 9.93. The first kappa shape index (κ1) is 24.8. The van der Waals surface area contributed by atoms with Crippen LogP contribution in [0.3, 0.4) is 0 Å². The number of carbonyl (C=O) groups excluding carboxylic acids is 1. The van der Waals surface area contributed by atoms with Crippen LogP contribution in [0, 0.1) is 11.3 Å². The average Bonchev–Trinajstić information content (AvgIpc) is 3.16. The van der Waals surface area contributed by atoms with Crippen molar-refractivity contribution < 1.29 is 14.3 Å². The smallest absolute Gasteiger partial charge is 0.146 e. The Morgan fingerprint density at radius 2 is 1.63 bits per heavy atom. The van der Waals surface area contributed by atoms with Gasteiger partial charge in [-0.25, -0.2) is 0 Å². The van der Waals surface area contributed by atoms with E-state index in [0.717, 1.165) is 51.3 Å². The van der Waals surface area contributed by atoms with Crippen LogP contribution in [-0.2, 0) is 4.79 Å². The molecule has 5 rings (SSSR count). The standard InChI is InChI=1S/C32H27N3O3/c1-37-30-14-7-6-13-25(30)26-18-27-28(19-31(26)38-2)35(29(21-36)23-10-4-3-5-11-23)16-15-34-32(27)24-12-8-9-22(17-24)20-33/h3-14,17-19,21,29H,15-16H2,1-2H3. The van der Waals surface area contributed by atoms with Gasteiger partial charge in [-0.15, -0.1) is 0 Å². The Kier molecular flexibility index (Phi) is 7.19. The maximum Gasteiger partial charge on any atom is 0.146 e. The average molecular weight is 502 g/mol. The number of aliphatic imine (C=N–C) groups is 1. The lowest BCUT2D eigenvalue weighted by Crippen LogP contribution is -2.32. The quantitative estimate of drug-likeness (QED) is 0.298. The summed E-state index contributed by atoms with van der Waals surface area (Å²) in [6, 6.07) is 30.7. The topological polar surface area (TPSA) is 74.9 Å².